The van der Waals surface area contributed by atoms with Gasteiger partial charge in [-0.05, 0) is 61.7 Å². The van der Waals surface area contributed by atoms with E-state index in [2.05, 4.69) is 26.2 Å². The molecule has 1 aromatic heterocycles. The Kier molecular flexibility index (Phi) is 10.7. The molecular formula is C25H32BrCl2N3O2. The van der Waals surface area contributed by atoms with Gasteiger partial charge in [0.05, 0.1) is 10.7 Å². The molecule has 0 spiro atoms. The lowest BCUT2D eigenvalue weighted by Crippen LogP contribution is -2.48. The molecule has 2 aromatic rings. The van der Waals surface area contributed by atoms with Crippen LogP contribution in [-0.4, -0.2) is 47.8 Å². The average molecular weight is 557 g/mol. The first kappa shape index (κ1) is 27.6. The fourth-order valence-corrected chi connectivity index (χ4v) is 4.20. The molecule has 180 valence electrons. The third-order valence-electron chi connectivity index (χ3n) is 4.71. The highest BCUT2D eigenvalue weighted by atomic mass is 79.9. The number of hydrogen-bond donors (Lipinski definition) is 1. The van der Waals surface area contributed by atoms with Crippen LogP contribution in [0, 0.1) is 0 Å². The van der Waals surface area contributed by atoms with Crippen molar-refractivity contribution in [1.29, 1.82) is 0 Å². The number of halogens is 3. The second-order valence-electron chi connectivity index (χ2n) is 8.38. The molecule has 2 heterocycles. The molecule has 0 atom stereocenters. The lowest BCUT2D eigenvalue weighted by atomic mass is 10.0. The summed E-state index contributed by atoms with van der Waals surface area (Å²) in [6, 6.07) is 7.84. The Morgan fingerprint density at radius 1 is 1.12 bits per heavy atom. The summed E-state index contributed by atoms with van der Waals surface area (Å²) < 4.78 is 6.24. The summed E-state index contributed by atoms with van der Waals surface area (Å²) in [5.74, 6) is 0. The highest BCUT2D eigenvalue weighted by molar-refractivity contribution is 9.15. The van der Waals surface area contributed by atoms with Gasteiger partial charge in [0.1, 0.15) is 5.60 Å². The first-order valence-corrected chi connectivity index (χ1v) is 12.7. The number of benzene rings is 1. The van der Waals surface area contributed by atoms with Crippen molar-refractivity contribution in [3.63, 3.8) is 0 Å². The summed E-state index contributed by atoms with van der Waals surface area (Å²) in [5, 5.41) is 4.56. The van der Waals surface area contributed by atoms with Crippen LogP contribution in [0.25, 0.3) is 10.6 Å². The van der Waals surface area contributed by atoms with Gasteiger partial charge in [0, 0.05) is 48.3 Å². The van der Waals surface area contributed by atoms with Crippen LogP contribution in [-0.2, 0) is 11.2 Å². The minimum Gasteiger partial charge on any atom is -0.444 e. The van der Waals surface area contributed by atoms with Crippen molar-refractivity contribution in [2.75, 3.05) is 26.2 Å². The number of rotatable bonds is 0. The summed E-state index contributed by atoms with van der Waals surface area (Å²) in [5.41, 5.74) is 3.99. The van der Waals surface area contributed by atoms with Gasteiger partial charge in [0.25, 0.3) is 0 Å². The fraction of sp³-hybridized carbons (Fsp3) is 0.440. The number of aromatic nitrogens is 1. The Morgan fingerprint density at radius 3 is 2.42 bits per heavy atom. The van der Waals surface area contributed by atoms with Crippen molar-refractivity contribution in [2.45, 2.75) is 46.6 Å². The maximum Gasteiger partial charge on any atom is 0.410 e. The van der Waals surface area contributed by atoms with Gasteiger partial charge in [-0.3, -0.25) is 4.98 Å². The van der Waals surface area contributed by atoms with Gasteiger partial charge in [-0.15, -0.1) is 0 Å². The van der Waals surface area contributed by atoms with E-state index in [9.17, 15) is 4.79 Å². The average Bonchev–Trinajstić information content (AvgIpc) is 2.90. The van der Waals surface area contributed by atoms with E-state index in [1.807, 2.05) is 65.0 Å². The van der Waals surface area contributed by atoms with Crippen molar-refractivity contribution in [2.24, 2.45) is 0 Å². The topological polar surface area (TPSA) is 54.5 Å². The van der Waals surface area contributed by atoms with E-state index in [1.54, 1.807) is 11.1 Å². The number of carbonyl (C=O) groups is 1. The first-order valence-electron chi connectivity index (χ1n) is 11.1. The molecule has 1 aromatic carbocycles. The highest BCUT2D eigenvalue weighted by Crippen LogP contribution is 2.35. The summed E-state index contributed by atoms with van der Waals surface area (Å²) in [6.45, 7) is 12.9. The summed E-state index contributed by atoms with van der Waals surface area (Å²) in [4.78, 5) is 17.6. The molecule has 0 unspecified atom stereocenters. The minimum atomic E-state index is -0.387. The van der Waals surface area contributed by atoms with Gasteiger partial charge in [0.2, 0.25) is 0 Å². The Hall–Kier alpha value is -1.60. The lowest BCUT2D eigenvalue weighted by Gasteiger charge is -2.30. The normalized spacial score (nSPS) is 14.8. The van der Waals surface area contributed by atoms with Gasteiger partial charge in [0.15, 0.2) is 0 Å². The van der Waals surface area contributed by atoms with E-state index < -0.39 is 0 Å². The Bertz CT molecular complexity index is 984. The smallest absolute Gasteiger partial charge is 0.410 e. The van der Waals surface area contributed by atoms with E-state index >= 15 is 0 Å². The maximum absolute atomic E-state index is 11.5. The van der Waals surface area contributed by atoms with E-state index in [4.69, 9.17) is 27.9 Å². The molecule has 0 radical (unpaired) electrons. The number of pyridine rings is 1. The van der Waals surface area contributed by atoms with Crippen LogP contribution in [0.5, 0.6) is 0 Å². The number of piperazine rings is 1. The van der Waals surface area contributed by atoms with Crippen molar-refractivity contribution < 1.29 is 9.53 Å². The molecule has 1 saturated heterocycles. The number of amides is 1. The molecule has 1 aliphatic heterocycles. The van der Waals surface area contributed by atoms with Crippen LogP contribution < -0.4 is 5.32 Å². The van der Waals surface area contributed by atoms with Gasteiger partial charge in [-0.25, -0.2) is 4.79 Å². The van der Waals surface area contributed by atoms with E-state index in [1.165, 1.54) is 5.56 Å². The quantitative estimate of drug-likeness (QED) is 0.378. The maximum atomic E-state index is 11.5. The molecule has 33 heavy (non-hydrogen) atoms. The van der Waals surface area contributed by atoms with Gasteiger partial charge in [-0.1, -0.05) is 59.0 Å². The molecule has 1 amide bonds. The van der Waals surface area contributed by atoms with Crippen LogP contribution in [0.15, 0.2) is 30.5 Å². The molecule has 2 aliphatic rings. The van der Waals surface area contributed by atoms with Crippen LogP contribution >= 0.6 is 39.1 Å². The van der Waals surface area contributed by atoms with Crippen molar-refractivity contribution in [3.8, 4) is 0 Å². The highest BCUT2D eigenvalue weighted by Gasteiger charge is 2.22. The minimum absolute atomic E-state index is 0.200. The van der Waals surface area contributed by atoms with Crippen molar-refractivity contribution in [3.05, 3.63) is 62.9 Å². The van der Waals surface area contributed by atoms with Crippen molar-refractivity contribution in [1.82, 2.24) is 15.2 Å². The monoisotopic (exact) mass is 555 g/mol. The van der Waals surface area contributed by atoms with Crippen LogP contribution in [0.4, 0.5) is 4.79 Å². The Morgan fingerprint density at radius 2 is 1.79 bits per heavy atom. The summed E-state index contributed by atoms with van der Waals surface area (Å²) in [7, 11) is 0. The standard InChI is InChI=1S/C14H8BrCl2N.C9H18N2O2.C2H6/c15-13-4-9-3-11(17)7-18-14(9)5-8-1-2-10(16)6-12(8)13;1-9(2,3)13-8(12)11-6-4-10-5-7-11;1-2/h1-4,6-7H,5H2;10H,4-7H2,1-3H3;1-2H3. The fourth-order valence-electron chi connectivity index (χ4n) is 3.25. The van der Waals surface area contributed by atoms with Gasteiger partial charge < -0.3 is 15.0 Å². The molecule has 4 rings (SSSR count). The number of nitrogens with zero attached hydrogens (tertiary/aromatic N) is 2. The number of fused-ring (bicyclic) bond motifs is 2. The molecule has 1 aliphatic carbocycles. The predicted octanol–water partition coefficient (Wildman–Crippen LogP) is 7.04. The molecule has 8 heteroatoms. The second-order valence-corrected chi connectivity index (χ2v) is 10.1. The number of nitrogens with one attached hydrogen (secondary N) is 1. The molecular weight excluding hydrogens is 525 g/mol. The predicted molar refractivity (Wildman–Crippen MR) is 142 cm³/mol. The van der Waals surface area contributed by atoms with E-state index in [0.717, 1.165) is 58.9 Å². The lowest BCUT2D eigenvalue weighted by molar-refractivity contribution is 0.0229. The first-order chi connectivity index (χ1) is 15.6. The number of ether oxygens (including phenoxy) is 1. The summed E-state index contributed by atoms with van der Waals surface area (Å²) in [6.07, 6.45) is 4.30. The zero-order valence-electron chi connectivity index (χ0n) is 19.8. The molecule has 1 N–H and O–H groups in total. The molecule has 0 bridgehead atoms. The van der Waals surface area contributed by atoms with Crippen LogP contribution in [0.1, 0.15) is 57.0 Å². The Labute approximate surface area is 215 Å². The summed E-state index contributed by atoms with van der Waals surface area (Å²) >= 11 is 15.6. The largest absolute Gasteiger partial charge is 0.444 e. The van der Waals surface area contributed by atoms with Crippen LogP contribution in [0.3, 0.4) is 0 Å². The number of carbonyl (C=O) groups excluding carboxylic acids is 1. The molecule has 0 saturated carbocycles. The third kappa shape index (κ3) is 8.60. The SMILES string of the molecule is CC.CC(C)(C)OC(=O)N1CCNCC1.Clc1cnc2c(c1)C=C(Br)c1cc(Cl)ccc1C2. The van der Waals surface area contributed by atoms with E-state index in [0.29, 0.717) is 5.02 Å². The van der Waals surface area contributed by atoms with Gasteiger partial charge in [-0.2, -0.15) is 0 Å². The zero-order chi connectivity index (χ0) is 24.6. The number of hydrogen-bond acceptors (Lipinski definition) is 4. The molecule has 1 fully saturated rings. The second kappa shape index (κ2) is 12.7. The van der Waals surface area contributed by atoms with Crippen molar-refractivity contribution >= 4 is 55.8 Å². The van der Waals surface area contributed by atoms with E-state index in [-0.39, 0.29) is 11.7 Å². The molecule has 5 nitrogen and oxygen atoms in total. The van der Waals surface area contributed by atoms with Crippen LogP contribution in [0.2, 0.25) is 10.0 Å². The van der Waals surface area contributed by atoms with Gasteiger partial charge >= 0.3 is 6.09 Å². The Balaban J connectivity index is 0.000000228. The third-order valence-corrected chi connectivity index (χ3v) is 5.81. The zero-order valence-corrected chi connectivity index (χ0v) is 22.9.